The van der Waals surface area contributed by atoms with Crippen LogP contribution in [0, 0.1) is 11.8 Å². The first kappa shape index (κ1) is 13.0. The van der Waals surface area contributed by atoms with Gasteiger partial charge in [0, 0.05) is 19.1 Å². The lowest BCUT2D eigenvalue weighted by molar-refractivity contribution is 0.124. The number of fused-ring (bicyclic) bond motifs is 1. The maximum Gasteiger partial charge on any atom is 0.165 e. The SMILES string of the molecule is Nc1ncnc2c1ncn2[C@H]1C=C[C@H](CO)[C@@H](CO)C1. The summed E-state index contributed by atoms with van der Waals surface area (Å²) in [5.41, 5.74) is 7.05. The highest BCUT2D eigenvalue weighted by atomic mass is 16.3. The van der Waals surface area contributed by atoms with E-state index >= 15 is 0 Å². The number of nitrogen functional groups attached to an aromatic ring is 1. The lowest BCUT2D eigenvalue weighted by Gasteiger charge is -2.30. The number of allylic oxidation sites excluding steroid dienone is 1. The molecule has 1 aliphatic rings. The predicted molar refractivity (Wildman–Crippen MR) is 73.7 cm³/mol. The van der Waals surface area contributed by atoms with E-state index in [0.29, 0.717) is 17.0 Å². The second kappa shape index (κ2) is 5.18. The monoisotopic (exact) mass is 275 g/mol. The Morgan fingerprint density at radius 1 is 1.20 bits per heavy atom. The van der Waals surface area contributed by atoms with Crippen molar-refractivity contribution in [3.63, 3.8) is 0 Å². The summed E-state index contributed by atoms with van der Waals surface area (Å²) < 4.78 is 1.93. The summed E-state index contributed by atoms with van der Waals surface area (Å²) >= 11 is 0. The number of hydrogen-bond acceptors (Lipinski definition) is 6. The average Bonchev–Trinajstić information content (AvgIpc) is 2.92. The number of nitrogens with two attached hydrogens (primary N) is 1. The third kappa shape index (κ3) is 2.04. The van der Waals surface area contributed by atoms with Gasteiger partial charge < -0.3 is 20.5 Å². The van der Waals surface area contributed by atoms with E-state index in [1.807, 2.05) is 16.7 Å². The van der Waals surface area contributed by atoms with E-state index in [9.17, 15) is 10.2 Å². The highest BCUT2D eigenvalue weighted by molar-refractivity contribution is 5.81. The number of imidazole rings is 1. The van der Waals surface area contributed by atoms with E-state index < -0.39 is 0 Å². The molecule has 0 saturated heterocycles. The molecule has 0 radical (unpaired) electrons. The number of nitrogens with zero attached hydrogens (tertiary/aromatic N) is 4. The van der Waals surface area contributed by atoms with Crippen LogP contribution < -0.4 is 5.73 Å². The van der Waals surface area contributed by atoms with Crippen LogP contribution in [-0.4, -0.2) is 42.9 Å². The highest BCUT2D eigenvalue weighted by Gasteiger charge is 2.27. The summed E-state index contributed by atoms with van der Waals surface area (Å²) in [5.74, 6) is 0.401. The van der Waals surface area contributed by atoms with Crippen LogP contribution in [0.2, 0.25) is 0 Å². The van der Waals surface area contributed by atoms with Crippen molar-refractivity contribution in [2.24, 2.45) is 11.8 Å². The molecule has 7 heteroatoms. The van der Waals surface area contributed by atoms with Gasteiger partial charge in [-0.1, -0.05) is 12.2 Å². The smallest absolute Gasteiger partial charge is 0.165 e. The van der Waals surface area contributed by atoms with Crippen molar-refractivity contribution in [3.05, 3.63) is 24.8 Å². The maximum atomic E-state index is 9.45. The molecule has 106 valence electrons. The summed E-state index contributed by atoms with van der Waals surface area (Å²) in [6, 6.07) is 0.0502. The molecule has 1 aliphatic carbocycles. The quantitative estimate of drug-likeness (QED) is 0.687. The van der Waals surface area contributed by atoms with Crippen molar-refractivity contribution >= 4 is 17.0 Å². The van der Waals surface area contributed by atoms with Gasteiger partial charge in [0.05, 0.1) is 12.4 Å². The summed E-state index contributed by atoms with van der Waals surface area (Å²) in [6.07, 6.45) is 7.81. The van der Waals surface area contributed by atoms with Gasteiger partial charge >= 0.3 is 0 Å². The van der Waals surface area contributed by atoms with Gasteiger partial charge in [-0.15, -0.1) is 0 Å². The second-order valence-electron chi connectivity index (χ2n) is 5.06. The van der Waals surface area contributed by atoms with Gasteiger partial charge in [-0.2, -0.15) is 0 Å². The normalized spacial score (nSPS) is 26.2. The van der Waals surface area contributed by atoms with E-state index in [4.69, 9.17) is 5.73 Å². The van der Waals surface area contributed by atoms with Gasteiger partial charge in [-0.25, -0.2) is 15.0 Å². The number of aromatic nitrogens is 4. The standard InChI is InChI=1S/C13H17N5O2/c14-12-11-13(16-6-15-12)18(7-17-11)10-2-1-8(4-19)9(3-10)5-20/h1-2,6-10,19-20H,3-5H2,(H2,14,15,16)/t8-,9-,10+/m1/s1. The second-order valence-corrected chi connectivity index (χ2v) is 5.06. The Kier molecular flexibility index (Phi) is 3.37. The van der Waals surface area contributed by atoms with Crippen LogP contribution >= 0.6 is 0 Å². The summed E-state index contributed by atoms with van der Waals surface area (Å²) in [6.45, 7) is 0.101. The summed E-state index contributed by atoms with van der Waals surface area (Å²) in [5, 5.41) is 18.7. The topological polar surface area (TPSA) is 110 Å². The fourth-order valence-electron chi connectivity index (χ4n) is 2.73. The predicted octanol–water partition coefficient (Wildman–Crippen LogP) is 0.126. The van der Waals surface area contributed by atoms with Crippen molar-refractivity contribution in [2.45, 2.75) is 12.5 Å². The molecule has 0 unspecified atom stereocenters. The van der Waals surface area contributed by atoms with E-state index in [1.165, 1.54) is 6.33 Å². The molecule has 0 aromatic carbocycles. The molecule has 2 aromatic heterocycles. The lowest BCUT2D eigenvalue weighted by Crippen LogP contribution is -2.27. The molecule has 3 rings (SSSR count). The van der Waals surface area contributed by atoms with Crippen molar-refractivity contribution in [3.8, 4) is 0 Å². The summed E-state index contributed by atoms with van der Waals surface area (Å²) in [4.78, 5) is 12.4. The van der Waals surface area contributed by atoms with Crippen LogP contribution in [0.25, 0.3) is 11.2 Å². The zero-order valence-corrected chi connectivity index (χ0v) is 10.9. The Hall–Kier alpha value is -1.99. The fraction of sp³-hybridized carbons (Fsp3) is 0.462. The number of rotatable bonds is 3. The van der Waals surface area contributed by atoms with Crippen LogP contribution in [0.15, 0.2) is 24.8 Å². The molecular weight excluding hydrogens is 258 g/mol. The van der Waals surface area contributed by atoms with Crippen molar-refractivity contribution in [1.82, 2.24) is 19.5 Å². The zero-order chi connectivity index (χ0) is 14.1. The first-order valence-corrected chi connectivity index (χ1v) is 6.57. The van der Waals surface area contributed by atoms with E-state index in [-0.39, 0.29) is 31.1 Å². The molecule has 7 nitrogen and oxygen atoms in total. The zero-order valence-electron chi connectivity index (χ0n) is 10.9. The first-order chi connectivity index (χ1) is 9.74. The Labute approximate surface area is 115 Å². The molecule has 0 amide bonds. The van der Waals surface area contributed by atoms with E-state index in [2.05, 4.69) is 15.0 Å². The van der Waals surface area contributed by atoms with Gasteiger partial charge in [0.1, 0.15) is 11.8 Å². The molecule has 0 spiro atoms. The Balaban J connectivity index is 1.98. The molecule has 20 heavy (non-hydrogen) atoms. The lowest BCUT2D eigenvalue weighted by atomic mass is 9.82. The molecule has 0 fully saturated rings. The molecule has 2 aromatic rings. The maximum absolute atomic E-state index is 9.45. The van der Waals surface area contributed by atoms with Gasteiger partial charge in [0.25, 0.3) is 0 Å². The molecule has 4 N–H and O–H groups in total. The van der Waals surface area contributed by atoms with Crippen LogP contribution in [0.4, 0.5) is 5.82 Å². The number of aliphatic hydroxyl groups excluding tert-OH is 2. The Morgan fingerprint density at radius 3 is 2.80 bits per heavy atom. The molecule has 0 aliphatic heterocycles. The average molecular weight is 275 g/mol. The third-order valence-corrected chi connectivity index (χ3v) is 3.92. The van der Waals surface area contributed by atoms with Crippen LogP contribution in [0.1, 0.15) is 12.5 Å². The first-order valence-electron chi connectivity index (χ1n) is 6.57. The van der Waals surface area contributed by atoms with Gasteiger partial charge in [0.2, 0.25) is 0 Å². The van der Waals surface area contributed by atoms with Gasteiger partial charge in [-0.05, 0) is 12.3 Å². The number of aliphatic hydroxyl groups is 2. The van der Waals surface area contributed by atoms with E-state index in [1.54, 1.807) is 6.33 Å². The minimum absolute atomic E-state index is 0.00531. The van der Waals surface area contributed by atoms with Gasteiger partial charge in [-0.3, -0.25) is 0 Å². The largest absolute Gasteiger partial charge is 0.396 e. The summed E-state index contributed by atoms with van der Waals surface area (Å²) in [7, 11) is 0. The molecule has 2 heterocycles. The van der Waals surface area contributed by atoms with Crippen molar-refractivity contribution in [2.75, 3.05) is 18.9 Å². The number of hydrogen-bond donors (Lipinski definition) is 3. The third-order valence-electron chi connectivity index (χ3n) is 3.92. The molecular formula is C13H17N5O2. The Bertz CT molecular complexity index is 639. The van der Waals surface area contributed by atoms with Crippen LogP contribution in [-0.2, 0) is 0 Å². The molecule has 0 bridgehead atoms. The van der Waals surface area contributed by atoms with Crippen molar-refractivity contribution < 1.29 is 10.2 Å². The molecule has 3 atom stereocenters. The highest BCUT2D eigenvalue weighted by Crippen LogP contribution is 2.32. The number of anilines is 1. The fourth-order valence-corrected chi connectivity index (χ4v) is 2.73. The molecule has 0 saturated carbocycles. The minimum Gasteiger partial charge on any atom is -0.396 e. The van der Waals surface area contributed by atoms with Gasteiger partial charge in [0.15, 0.2) is 11.5 Å². The van der Waals surface area contributed by atoms with Crippen LogP contribution in [0.5, 0.6) is 0 Å². The van der Waals surface area contributed by atoms with Crippen molar-refractivity contribution in [1.29, 1.82) is 0 Å². The van der Waals surface area contributed by atoms with Crippen LogP contribution in [0.3, 0.4) is 0 Å². The minimum atomic E-state index is 0.00531. The van der Waals surface area contributed by atoms with E-state index in [0.717, 1.165) is 6.42 Å². The Morgan fingerprint density at radius 2 is 2.05 bits per heavy atom.